The van der Waals surface area contributed by atoms with Crippen LogP contribution in [0.1, 0.15) is 63.7 Å². The summed E-state index contributed by atoms with van der Waals surface area (Å²) in [6, 6.07) is 6.35. The van der Waals surface area contributed by atoms with Gasteiger partial charge < -0.3 is 24.6 Å². The predicted molar refractivity (Wildman–Crippen MR) is 139 cm³/mol. The zero-order valence-corrected chi connectivity index (χ0v) is 22.5. The maximum atomic E-state index is 13.6. The van der Waals surface area contributed by atoms with Gasteiger partial charge in [-0.15, -0.1) is 0 Å². The van der Waals surface area contributed by atoms with Crippen molar-refractivity contribution in [1.82, 2.24) is 15.1 Å². The third-order valence-corrected chi connectivity index (χ3v) is 7.07. The van der Waals surface area contributed by atoms with Crippen molar-refractivity contribution in [3.8, 4) is 5.75 Å². The number of amides is 2. The van der Waals surface area contributed by atoms with Crippen molar-refractivity contribution in [2.75, 3.05) is 39.9 Å². The Morgan fingerprint density at radius 3 is 2.28 bits per heavy atom. The van der Waals surface area contributed by atoms with Crippen LogP contribution in [0.15, 0.2) is 24.3 Å². The Balaban J connectivity index is 1.55. The minimum absolute atomic E-state index is 0.0652. The van der Waals surface area contributed by atoms with E-state index in [0.717, 1.165) is 25.8 Å². The molecule has 8 nitrogen and oxygen atoms in total. The van der Waals surface area contributed by atoms with Crippen molar-refractivity contribution in [2.24, 2.45) is 17.8 Å². The molecule has 1 aromatic rings. The molecule has 2 aliphatic rings. The Morgan fingerprint density at radius 1 is 1.03 bits per heavy atom. The smallest absolute Gasteiger partial charge is 0.337 e. The monoisotopic (exact) mass is 501 g/mol. The average Bonchev–Trinajstić information content (AvgIpc) is 2.87. The minimum Gasteiger partial charge on any atom is -0.493 e. The van der Waals surface area contributed by atoms with Gasteiger partial charge in [-0.2, -0.15) is 0 Å². The zero-order chi connectivity index (χ0) is 26.2. The van der Waals surface area contributed by atoms with Crippen LogP contribution in [0.2, 0.25) is 0 Å². The number of benzene rings is 1. The topological polar surface area (TPSA) is 88.2 Å². The number of piperazine rings is 1. The second-order valence-corrected chi connectivity index (χ2v) is 10.9. The molecule has 0 spiro atoms. The van der Waals surface area contributed by atoms with Crippen LogP contribution < -0.4 is 10.1 Å². The molecule has 2 saturated heterocycles. The molecule has 2 aliphatic heterocycles. The number of hydrogen-bond donors (Lipinski definition) is 1. The summed E-state index contributed by atoms with van der Waals surface area (Å²) in [6.45, 7) is 11.7. The standard InChI is InChI=1S/C28H43N3O5/c1-19(2)16-24-26(32)31(15-12-29-24)25(17-20(3)4)27(33)30-13-10-21(11-14-30)18-36-23-8-6-22(7-9-23)28(34)35-5/h6-9,19-21,24-25,29H,10-18H2,1-5H3. The van der Waals surface area contributed by atoms with Gasteiger partial charge in [0.2, 0.25) is 11.8 Å². The van der Waals surface area contributed by atoms with Gasteiger partial charge in [0, 0.05) is 26.2 Å². The maximum absolute atomic E-state index is 13.6. The number of rotatable bonds is 10. The molecular weight excluding hydrogens is 458 g/mol. The van der Waals surface area contributed by atoms with Crippen molar-refractivity contribution in [1.29, 1.82) is 0 Å². The van der Waals surface area contributed by atoms with Crippen molar-refractivity contribution < 1.29 is 23.9 Å². The van der Waals surface area contributed by atoms with E-state index in [-0.39, 0.29) is 23.8 Å². The number of carbonyl (C=O) groups is 3. The lowest BCUT2D eigenvalue weighted by Crippen LogP contribution is -2.62. The van der Waals surface area contributed by atoms with Crippen LogP contribution in [-0.2, 0) is 14.3 Å². The van der Waals surface area contributed by atoms with Gasteiger partial charge in [-0.3, -0.25) is 9.59 Å². The molecule has 2 heterocycles. The summed E-state index contributed by atoms with van der Waals surface area (Å²) < 4.78 is 10.7. The average molecular weight is 502 g/mol. The number of piperidine rings is 1. The maximum Gasteiger partial charge on any atom is 0.337 e. The van der Waals surface area contributed by atoms with Gasteiger partial charge in [0.15, 0.2) is 0 Å². The van der Waals surface area contributed by atoms with E-state index >= 15 is 0 Å². The molecule has 0 saturated carbocycles. The fourth-order valence-corrected chi connectivity index (χ4v) is 5.08. The number of nitrogens with one attached hydrogen (secondary N) is 1. The zero-order valence-electron chi connectivity index (χ0n) is 22.5. The van der Waals surface area contributed by atoms with Crippen LogP contribution in [0, 0.1) is 17.8 Å². The summed E-state index contributed by atoms with van der Waals surface area (Å²) in [5.74, 6) is 1.59. The van der Waals surface area contributed by atoms with Gasteiger partial charge in [-0.1, -0.05) is 27.7 Å². The summed E-state index contributed by atoms with van der Waals surface area (Å²) in [5, 5.41) is 3.35. The summed E-state index contributed by atoms with van der Waals surface area (Å²) in [7, 11) is 1.36. The van der Waals surface area contributed by atoms with Gasteiger partial charge in [-0.25, -0.2) is 4.79 Å². The largest absolute Gasteiger partial charge is 0.493 e. The number of methoxy groups -OCH3 is 1. The minimum atomic E-state index is -0.393. The van der Waals surface area contributed by atoms with Gasteiger partial charge in [-0.05, 0) is 67.7 Å². The second kappa shape index (κ2) is 13.1. The van der Waals surface area contributed by atoms with E-state index in [1.54, 1.807) is 24.3 Å². The van der Waals surface area contributed by atoms with Crippen molar-refractivity contribution in [2.45, 2.75) is 65.5 Å². The molecule has 1 N–H and O–H groups in total. The molecule has 36 heavy (non-hydrogen) atoms. The van der Waals surface area contributed by atoms with E-state index in [1.807, 2.05) is 9.80 Å². The second-order valence-electron chi connectivity index (χ2n) is 10.9. The van der Waals surface area contributed by atoms with E-state index < -0.39 is 6.04 Å². The molecule has 0 aliphatic carbocycles. The first-order valence-corrected chi connectivity index (χ1v) is 13.3. The lowest BCUT2D eigenvalue weighted by molar-refractivity contribution is -0.150. The highest BCUT2D eigenvalue weighted by Crippen LogP contribution is 2.24. The number of nitrogens with zero attached hydrogens (tertiary/aromatic N) is 2. The number of hydrogen-bond acceptors (Lipinski definition) is 6. The molecular formula is C28H43N3O5. The number of carbonyl (C=O) groups excluding carboxylic acids is 3. The van der Waals surface area contributed by atoms with Crippen LogP contribution in [0.5, 0.6) is 5.75 Å². The molecule has 2 atom stereocenters. The van der Waals surface area contributed by atoms with Crippen LogP contribution in [0.3, 0.4) is 0 Å². The third-order valence-electron chi connectivity index (χ3n) is 7.07. The molecule has 0 bridgehead atoms. The fraction of sp³-hybridized carbons (Fsp3) is 0.679. The van der Waals surface area contributed by atoms with Crippen LogP contribution >= 0.6 is 0 Å². The molecule has 0 aromatic heterocycles. The first-order valence-electron chi connectivity index (χ1n) is 13.3. The highest BCUT2D eigenvalue weighted by molar-refractivity contribution is 5.90. The first kappa shape index (κ1) is 28.0. The lowest BCUT2D eigenvalue weighted by Gasteiger charge is -2.42. The highest BCUT2D eigenvalue weighted by Gasteiger charge is 2.39. The van der Waals surface area contributed by atoms with Gasteiger partial charge in [0.25, 0.3) is 0 Å². The van der Waals surface area contributed by atoms with Crippen molar-refractivity contribution in [3.05, 3.63) is 29.8 Å². The molecule has 200 valence electrons. The quantitative estimate of drug-likeness (QED) is 0.495. The van der Waals surface area contributed by atoms with Gasteiger partial charge >= 0.3 is 5.97 Å². The number of ether oxygens (including phenoxy) is 2. The number of likely N-dealkylation sites (tertiary alicyclic amines) is 1. The van der Waals surface area contributed by atoms with Crippen LogP contribution in [0.4, 0.5) is 0 Å². The Bertz CT molecular complexity index is 878. The summed E-state index contributed by atoms with van der Waals surface area (Å²) in [5.41, 5.74) is 0.492. The highest BCUT2D eigenvalue weighted by atomic mass is 16.5. The Labute approximate surface area is 215 Å². The fourth-order valence-electron chi connectivity index (χ4n) is 5.08. The summed E-state index contributed by atoms with van der Waals surface area (Å²) in [6.07, 6.45) is 3.20. The van der Waals surface area contributed by atoms with E-state index in [0.29, 0.717) is 61.7 Å². The Morgan fingerprint density at radius 2 is 1.69 bits per heavy atom. The van der Waals surface area contributed by atoms with Gasteiger partial charge in [0.1, 0.15) is 11.8 Å². The van der Waals surface area contributed by atoms with Crippen LogP contribution in [-0.4, -0.2) is 79.6 Å². The van der Waals surface area contributed by atoms with Crippen LogP contribution in [0.25, 0.3) is 0 Å². The van der Waals surface area contributed by atoms with E-state index in [9.17, 15) is 14.4 Å². The Kier molecular flexibility index (Phi) is 10.2. The van der Waals surface area contributed by atoms with E-state index in [2.05, 4.69) is 33.0 Å². The molecule has 0 radical (unpaired) electrons. The van der Waals surface area contributed by atoms with Crippen molar-refractivity contribution in [3.63, 3.8) is 0 Å². The molecule has 2 unspecified atom stereocenters. The summed E-state index contributed by atoms with van der Waals surface area (Å²) in [4.78, 5) is 42.3. The third kappa shape index (κ3) is 7.45. The van der Waals surface area contributed by atoms with E-state index in [4.69, 9.17) is 9.47 Å². The molecule has 3 rings (SSSR count). The predicted octanol–water partition coefficient (Wildman–Crippen LogP) is 3.35. The molecule has 2 fully saturated rings. The SMILES string of the molecule is COC(=O)c1ccc(OCC2CCN(C(=O)C(CC(C)C)N3CCNC(CC(C)C)C3=O)CC2)cc1. The van der Waals surface area contributed by atoms with Crippen molar-refractivity contribution >= 4 is 17.8 Å². The molecule has 8 heteroatoms. The molecule has 1 aromatic carbocycles. The molecule has 2 amide bonds. The van der Waals surface area contributed by atoms with Gasteiger partial charge in [0.05, 0.1) is 25.3 Å². The summed E-state index contributed by atoms with van der Waals surface area (Å²) >= 11 is 0. The van der Waals surface area contributed by atoms with E-state index in [1.165, 1.54) is 7.11 Å². The Hall–Kier alpha value is -2.61. The first-order chi connectivity index (χ1) is 17.2. The number of esters is 1. The normalized spacial score (nSPS) is 20.1. The lowest BCUT2D eigenvalue weighted by atomic mass is 9.94.